The molecule has 0 spiro atoms. The molecule has 2 amide bonds. The van der Waals surface area contributed by atoms with Crippen LogP contribution in [0.2, 0.25) is 0 Å². The lowest BCUT2D eigenvalue weighted by Crippen LogP contribution is -2.33. The van der Waals surface area contributed by atoms with Crippen molar-refractivity contribution in [1.29, 1.82) is 0 Å². The highest BCUT2D eigenvalue weighted by atomic mass is 16.5. The van der Waals surface area contributed by atoms with E-state index < -0.39 is 12.1 Å². The highest BCUT2D eigenvalue weighted by Crippen LogP contribution is 2.44. The summed E-state index contributed by atoms with van der Waals surface area (Å²) in [7, 11) is 1.65. The van der Waals surface area contributed by atoms with E-state index >= 15 is 0 Å². The van der Waals surface area contributed by atoms with Crippen molar-refractivity contribution in [1.82, 2.24) is 14.7 Å². The Labute approximate surface area is 203 Å². The summed E-state index contributed by atoms with van der Waals surface area (Å²) in [6.45, 7) is 2.63. The maximum Gasteiger partial charge on any atom is 0.411 e. The van der Waals surface area contributed by atoms with Crippen molar-refractivity contribution in [2.75, 3.05) is 25.0 Å². The minimum absolute atomic E-state index is 0.0309. The minimum Gasteiger partial charge on any atom is -0.481 e. The third kappa shape index (κ3) is 5.18. The van der Waals surface area contributed by atoms with Gasteiger partial charge in [0.25, 0.3) is 5.91 Å². The first-order valence-electron chi connectivity index (χ1n) is 11.6. The number of carboxylic acid groups (broad SMARTS) is 1. The number of carbonyl (C=O) groups is 3. The van der Waals surface area contributed by atoms with Crippen LogP contribution in [0.15, 0.2) is 54.7 Å². The molecule has 35 heavy (non-hydrogen) atoms. The van der Waals surface area contributed by atoms with Crippen LogP contribution in [0.5, 0.6) is 0 Å². The van der Waals surface area contributed by atoms with E-state index in [1.165, 1.54) is 9.58 Å². The summed E-state index contributed by atoms with van der Waals surface area (Å²) in [5.41, 5.74) is 4.82. The number of hydrogen-bond acceptors (Lipinski definition) is 5. The van der Waals surface area contributed by atoms with E-state index in [-0.39, 0.29) is 42.8 Å². The van der Waals surface area contributed by atoms with Gasteiger partial charge in [-0.25, -0.2) is 4.79 Å². The lowest BCUT2D eigenvalue weighted by molar-refractivity contribution is -0.137. The molecule has 1 aliphatic rings. The molecule has 0 aliphatic heterocycles. The maximum atomic E-state index is 13.0. The molecule has 3 aromatic rings. The van der Waals surface area contributed by atoms with Crippen molar-refractivity contribution in [3.8, 4) is 11.1 Å². The van der Waals surface area contributed by atoms with Crippen molar-refractivity contribution in [2.45, 2.75) is 25.7 Å². The molecule has 0 fully saturated rings. The molecule has 0 unspecified atom stereocenters. The molecule has 2 aromatic carbocycles. The summed E-state index contributed by atoms with van der Waals surface area (Å²) in [5, 5.41) is 15.7. The van der Waals surface area contributed by atoms with Crippen LogP contribution in [-0.2, 0) is 16.6 Å². The molecule has 4 rings (SSSR count). The van der Waals surface area contributed by atoms with Crippen LogP contribution in [0, 0.1) is 0 Å². The van der Waals surface area contributed by atoms with E-state index in [4.69, 9.17) is 9.84 Å². The summed E-state index contributed by atoms with van der Waals surface area (Å²) < 4.78 is 7.03. The smallest absolute Gasteiger partial charge is 0.411 e. The zero-order valence-electron chi connectivity index (χ0n) is 19.7. The number of amides is 2. The Balaban J connectivity index is 1.43. The quantitative estimate of drug-likeness (QED) is 0.481. The largest absolute Gasteiger partial charge is 0.481 e. The van der Waals surface area contributed by atoms with E-state index in [2.05, 4.69) is 22.5 Å². The predicted octanol–water partition coefficient (Wildman–Crippen LogP) is 4.11. The van der Waals surface area contributed by atoms with Crippen molar-refractivity contribution in [2.24, 2.45) is 7.05 Å². The number of nitrogens with one attached hydrogen (secondary N) is 1. The standard InChI is InChI=1S/C26H28N4O5/c1-3-30(14-8-13-23(31)32)25(33)24-22(15-29(2)28-24)27-26(34)35-16-21-19-11-6-4-9-17(19)18-10-5-7-12-20(18)21/h4-7,9-12,15,21H,3,8,13-14,16H2,1-2H3,(H,27,34)(H,31,32). The normalized spacial score (nSPS) is 12.1. The Morgan fingerprint density at radius 2 is 1.71 bits per heavy atom. The number of hydrogen-bond donors (Lipinski definition) is 2. The summed E-state index contributed by atoms with van der Waals surface area (Å²) in [5.74, 6) is -1.37. The fraction of sp³-hybridized carbons (Fsp3) is 0.308. The van der Waals surface area contributed by atoms with Gasteiger partial charge in [0.05, 0.1) is 5.69 Å². The molecule has 1 aliphatic carbocycles. The number of carbonyl (C=O) groups excluding carboxylic acids is 2. The summed E-state index contributed by atoms with van der Waals surface area (Å²) in [4.78, 5) is 38.0. The molecule has 0 bridgehead atoms. The van der Waals surface area contributed by atoms with Crippen molar-refractivity contribution in [3.05, 3.63) is 71.5 Å². The lowest BCUT2D eigenvalue weighted by Gasteiger charge is -2.20. The van der Waals surface area contributed by atoms with Crippen LogP contribution in [-0.4, -0.2) is 57.5 Å². The second-order valence-electron chi connectivity index (χ2n) is 8.40. The van der Waals surface area contributed by atoms with Crippen LogP contribution >= 0.6 is 0 Å². The summed E-state index contributed by atoms with van der Waals surface area (Å²) >= 11 is 0. The van der Waals surface area contributed by atoms with Gasteiger partial charge in [-0.3, -0.25) is 19.6 Å². The Hall–Kier alpha value is -4.14. The Morgan fingerprint density at radius 1 is 1.09 bits per heavy atom. The third-order valence-electron chi connectivity index (χ3n) is 6.10. The van der Waals surface area contributed by atoms with Crippen LogP contribution in [0.25, 0.3) is 11.1 Å². The zero-order valence-corrected chi connectivity index (χ0v) is 19.7. The Kier molecular flexibility index (Phi) is 7.14. The second kappa shape index (κ2) is 10.4. The number of fused-ring (bicyclic) bond motifs is 3. The molecule has 0 atom stereocenters. The number of carboxylic acids is 1. The molecule has 0 saturated carbocycles. The highest BCUT2D eigenvalue weighted by molar-refractivity contribution is 6.01. The van der Waals surface area contributed by atoms with Gasteiger partial charge in [-0.15, -0.1) is 0 Å². The van der Waals surface area contributed by atoms with Gasteiger partial charge in [0.2, 0.25) is 0 Å². The number of aromatic nitrogens is 2. The number of aryl methyl sites for hydroxylation is 1. The number of aliphatic carboxylic acids is 1. The van der Waals surface area contributed by atoms with Crippen molar-refractivity contribution < 1.29 is 24.2 Å². The lowest BCUT2D eigenvalue weighted by atomic mass is 9.98. The van der Waals surface area contributed by atoms with Gasteiger partial charge in [-0.1, -0.05) is 48.5 Å². The monoisotopic (exact) mass is 476 g/mol. The zero-order chi connectivity index (χ0) is 24.9. The summed E-state index contributed by atoms with van der Waals surface area (Å²) in [6, 6.07) is 16.2. The average molecular weight is 477 g/mol. The molecule has 0 radical (unpaired) electrons. The van der Waals surface area contributed by atoms with Crippen LogP contribution < -0.4 is 5.32 Å². The van der Waals surface area contributed by atoms with Crippen molar-refractivity contribution in [3.63, 3.8) is 0 Å². The van der Waals surface area contributed by atoms with Crippen LogP contribution in [0.1, 0.15) is 47.3 Å². The first kappa shape index (κ1) is 24.0. The van der Waals surface area contributed by atoms with Crippen LogP contribution in [0.3, 0.4) is 0 Å². The van der Waals surface area contributed by atoms with E-state index in [0.717, 1.165) is 22.3 Å². The molecular formula is C26H28N4O5. The second-order valence-corrected chi connectivity index (χ2v) is 8.40. The molecule has 0 saturated heterocycles. The molecule has 9 nitrogen and oxygen atoms in total. The maximum absolute atomic E-state index is 13.0. The molecule has 1 heterocycles. The first-order valence-corrected chi connectivity index (χ1v) is 11.6. The minimum atomic E-state index is -0.913. The van der Waals surface area contributed by atoms with Gasteiger partial charge in [0.15, 0.2) is 5.69 Å². The molecule has 9 heteroatoms. The van der Waals surface area contributed by atoms with Gasteiger partial charge in [0.1, 0.15) is 6.61 Å². The number of ether oxygens (including phenoxy) is 1. The molecule has 1 aromatic heterocycles. The van der Waals surface area contributed by atoms with Crippen LogP contribution in [0.4, 0.5) is 10.5 Å². The van der Waals surface area contributed by atoms with Crippen molar-refractivity contribution >= 4 is 23.7 Å². The fourth-order valence-electron chi connectivity index (χ4n) is 4.46. The van der Waals surface area contributed by atoms with Gasteiger partial charge in [-0.2, -0.15) is 5.10 Å². The highest BCUT2D eigenvalue weighted by Gasteiger charge is 2.29. The first-order chi connectivity index (χ1) is 16.9. The topological polar surface area (TPSA) is 114 Å². The van der Waals surface area contributed by atoms with E-state index in [1.807, 2.05) is 36.4 Å². The van der Waals surface area contributed by atoms with E-state index in [9.17, 15) is 14.4 Å². The molecule has 2 N–H and O–H groups in total. The summed E-state index contributed by atoms with van der Waals surface area (Å²) in [6.07, 6.45) is 1.16. The predicted molar refractivity (Wildman–Crippen MR) is 130 cm³/mol. The average Bonchev–Trinajstić information content (AvgIpc) is 3.37. The Morgan fingerprint density at radius 3 is 2.31 bits per heavy atom. The fourth-order valence-corrected chi connectivity index (χ4v) is 4.46. The number of benzene rings is 2. The third-order valence-corrected chi connectivity index (χ3v) is 6.10. The number of anilines is 1. The molecule has 182 valence electrons. The molecular weight excluding hydrogens is 448 g/mol. The van der Waals surface area contributed by atoms with Gasteiger partial charge in [-0.05, 0) is 35.6 Å². The van der Waals surface area contributed by atoms with E-state index in [0.29, 0.717) is 13.0 Å². The Bertz CT molecular complexity index is 1210. The van der Waals surface area contributed by atoms with E-state index in [1.54, 1.807) is 20.2 Å². The van der Waals surface area contributed by atoms with Gasteiger partial charge in [0, 0.05) is 38.7 Å². The SMILES string of the molecule is CCN(CCCC(=O)O)C(=O)c1nn(C)cc1NC(=O)OCC1c2ccccc2-c2ccccc21. The van der Waals surface area contributed by atoms with Gasteiger partial charge >= 0.3 is 12.1 Å². The number of nitrogens with zero attached hydrogens (tertiary/aromatic N) is 3. The van der Waals surface area contributed by atoms with Gasteiger partial charge < -0.3 is 14.7 Å². The number of rotatable bonds is 9.